The molecule has 116 valence electrons. The van der Waals surface area contributed by atoms with Crippen molar-refractivity contribution < 1.29 is 9.90 Å². The van der Waals surface area contributed by atoms with Crippen LogP contribution in [0.1, 0.15) is 36.5 Å². The Hall–Kier alpha value is -2.30. The maximum Gasteiger partial charge on any atom is 0.341 e. The molecule has 0 unspecified atom stereocenters. The number of aromatic carboxylic acids is 1. The lowest BCUT2D eigenvalue weighted by Gasteiger charge is -2.29. The zero-order valence-corrected chi connectivity index (χ0v) is 12.7. The van der Waals surface area contributed by atoms with Crippen LogP contribution in [0.5, 0.6) is 0 Å². The van der Waals surface area contributed by atoms with E-state index in [1.165, 1.54) is 12.6 Å². The zero-order chi connectivity index (χ0) is 15.7. The number of aryl methyl sites for hydroxylation is 1. The first-order valence-electron chi connectivity index (χ1n) is 7.77. The van der Waals surface area contributed by atoms with E-state index in [2.05, 4.69) is 4.90 Å². The average molecular weight is 300 g/mol. The Labute approximate surface area is 128 Å². The average Bonchev–Trinajstić information content (AvgIpc) is 2.55. The monoisotopic (exact) mass is 300 g/mol. The molecule has 1 aromatic heterocycles. The quantitative estimate of drug-likeness (QED) is 0.946. The van der Waals surface area contributed by atoms with E-state index < -0.39 is 11.4 Å². The van der Waals surface area contributed by atoms with Gasteiger partial charge in [-0.3, -0.25) is 4.79 Å². The molecule has 0 bridgehead atoms. The van der Waals surface area contributed by atoms with Gasteiger partial charge in [-0.15, -0.1) is 0 Å². The molecule has 5 nitrogen and oxygen atoms in total. The second kappa shape index (κ2) is 5.83. The molecule has 0 spiro atoms. The van der Waals surface area contributed by atoms with E-state index in [0.29, 0.717) is 11.9 Å². The number of fused-ring (bicyclic) bond motifs is 1. The Bertz CT molecular complexity index is 773. The lowest BCUT2D eigenvalue weighted by Crippen LogP contribution is -2.29. The molecule has 0 saturated carbocycles. The fraction of sp³-hybridized carbons (Fsp3) is 0.412. The summed E-state index contributed by atoms with van der Waals surface area (Å²) in [6, 6.07) is 5.80. The maximum atomic E-state index is 12.5. The predicted octanol–water partition coefficient (Wildman–Crippen LogP) is 2.71. The van der Waals surface area contributed by atoms with Crippen molar-refractivity contribution in [3.8, 4) is 0 Å². The zero-order valence-electron chi connectivity index (χ0n) is 12.7. The molecule has 1 fully saturated rings. The van der Waals surface area contributed by atoms with Gasteiger partial charge in [0, 0.05) is 36.9 Å². The third-order valence-corrected chi connectivity index (χ3v) is 4.36. The second-order valence-electron chi connectivity index (χ2n) is 5.71. The van der Waals surface area contributed by atoms with Gasteiger partial charge in [0.15, 0.2) is 0 Å². The van der Waals surface area contributed by atoms with Crippen LogP contribution in [-0.2, 0) is 6.54 Å². The van der Waals surface area contributed by atoms with Crippen LogP contribution in [0.25, 0.3) is 10.9 Å². The number of anilines is 1. The summed E-state index contributed by atoms with van der Waals surface area (Å²) in [5.41, 5.74) is 1.24. The summed E-state index contributed by atoms with van der Waals surface area (Å²) in [5.74, 6) is -1.17. The number of hydrogen-bond donors (Lipinski definition) is 1. The van der Waals surface area contributed by atoms with Crippen LogP contribution in [-0.4, -0.2) is 28.7 Å². The summed E-state index contributed by atoms with van der Waals surface area (Å²) < 4.78 is 1.82. The van der Waals surface area contributed by atoms with E-state index >= 15 is 0 Å². The standard InChI is InChI=1S/C17H20N2O3/c1-2-18-11-14(17(21)22)16(20)13-10-12(6-7-15(13)18)19-8-4-3-5-9-19/h6-7,10-11H,2-5,8-9H2,1H3,(H,21,22). The van der Waals surface area contributed by atoms with Gasteiger partial charge in [-0.25, -0.2) is 4.79 Å². The van der Waals surface area contributed by atoms with Crippen molar-refractivity contribution in [2.24, 2.45) is 0 Å². The van der Waals surface area contributed by atoms with Gasteiger partial charge in [-0.2, -0.15) is 0 Å². The van der Waals surface area contributed by atoms with Crippen LogP contribution < -0.4 is 10.3 Å². The molecule has 1 saturated heterocycles. The van der Waals surface area contributed by atoms with Crippen molar-refractivity contribution in [3.05, 3.63) is 40.2 Å². The Morgan fingerprint density at radius 1 is 1.23 bits per heavy atom. The van der Waals surface area contributed by atoms with E-state index in [0.717, 1.165) is 37.1 Å². The number of carboxylic acids is 1. The van der Waals surface area contributed by atoms with Crippen molar-refractivity contribution in [1.82, 2.24) is 4.57 Å². The number of carboxylic acid groups (broad SMARTS) is 1. The molecule has 1 aliphatic heterocycles. The molecule has 0 atom stereocenters. The fourth-order valence-electron chi connectivity index (χ4n) is 3.15. The second-order valence-corrected chi connectivity index (χ2v) is 5.71. The van der Waals surface area contributed by atoms with Crippen molar-refractivity contribution >= 4 is 22.6 Å². The Morgan fingerprint density at radius 2 is 1.95 bits per heavy atom. The number of piperidine rings is 1. The van der Waals surface area contributed by atoms with Gasteiger partial charge in [0.25, 0.3) is 0 Å². The summed E-state index contributed by atoms with van der Waals surface area (Å²) >= 11 is 0. The van der Waals surface area contributed by atoms with E-state index in [9.17, 15) is 14.7 Å². The van der Waals surface area contributed by atoms with Gasteiger partial charge in [-0.1, -0.05) is 0 Å². The SMILES string of the molecule is CCn1cc(C(=O)O)c(=O)c2cc(N3CCCCC3)ccc21. The van der Waals surface area contributed by atoms with Crippen LogP contribution in [0.15, 0.2) is 29.2 Å². The molecule has 2 heterocycles. The summed E-state index contributed by atoms with van der Waals surface area (Å²) in [5, 5.41) is 9.73. The number of carbonyl (C=O) groups is 1. The molecular weight excluding hydrogens is 280 g/mol. The largest absolute Gasteiger partial charge is 0.477 e. The lowest BCUT2D eigenvalue weighted by molar-refractivity contribution is 0.0695. The first-order valence-corrected chi connectivity index (χ1v) is 7.77. The van der Waals surface area contributed by atoms with Crippen LogP contribution in [0.3, 0.4) is 0 Å². The van der Waals surface area contributed by atoms with Crippen LogP contribution in [0, 0.1) is 0 Å². The van der Waals surface area contributed by atoms with E-state index in [1.54, 1.807) is 0 Å². The highest BCUT2D eigenvalue weighted by atomic mass is 16.4. The maximum absolute atomic E-state index is 12.5. The predicted molar refractivity (Wildman–Crippen MR) is 86.9 cm³/mol. The number of benzene rings is 1. The normalized spacial score (nSPS) is 15.2. The lowest BCUT2D eigenvalue weighted by atomic mass is 10.1. The highest BCUT2D eigenvalue weighted by molar-refractivity contribution is 5.93. The summed E-state index contributed by atoms with van der Waals surface area (Å²) in [6.07, 6.45) is 5.00. The van der Waals surface area contributed by atoms with Crippen molar-refractivity contribution in [3.63, 3.8) is 0 Å². The summed E-state index contributed by atoms with van der Waals surface area (Å²) in [7, 11) is 0. The molecule has 1 aromatic carbocycles. The van der Waals surface area contributed by atoms with E-state index in [1.807, 2.05) is 29.7 Å². The smallest absolute Gasteiger partial charge is 0.341 e. The highest BCUT2D eigenvalue weighted by Crippen LogP contribution is 2.24. The van der Waals surface area contributed by atoms with Crippen LogP contribution in [0.4, 0.5) is 5.69 Å². The molecule has 22 heavy (non-hydrogen) atoms. The topological polar surface area (TPSA) is 62.5 Å². The first kappa shape index (κ1) is 14.6. The molecule has 3 rings (SSSR count). The van der Waals surface area contributed by atoms with Gasteiger partial charge < -0.3 is 14.6 Å². The Morgan fingerprint density at radius 3 is 2.59 bits per heavy atom. The number of aromatic nitrogens is 1. The summed E-state index contributed by atoms with van der Waals surface area (Å²) in [6.45, 7) is 4.55. The Kier molecular flexibility index (Phi) is 3.88. The molecule has 0 aliphatic carbocycles. The minimum Gasteiger partial charge on any atom is -0.477 e. The third-order valence-electron chi connectivity index (χ3n) is 4.36. The van der Waals surface area contributed by atoms with Gasteiger partial charge in [-0.05, 0) is 44.4 Å². The van der Waals surface area contributed by atoms with Gasteiger partial charge >= 0.3 is 5.97 Å². The van der Waals surface area contributed by atoms with Crippen molar-refractivity contribution in [1.29, 1.82) is 0 Å². The summed E-state index contributed by atoms with van der Waals surface area (Å²) in [4.78, 5) is 26.0. The molecule has 1 N–H and O–H groups in total. The van der Waals surface area contributed by atoms with Crippen LogP contribution in [0.2, 0.25) is 0 Å². The van der Waals surface area contributed by atoms with Crippen molar-refractivity contribution in [2.75, 3.05) is 18.0 Å². The molecule has 0 radical (unpaired) electrons. The number of pyridine rings is 1. The minimum absolute atomic E-state index is 0.162. The van der Waals surface area contributed by atoms with E-state index in [-0.39, 0.29) is 5.56 Å². The molecule has 1 aliphatic rings. The number of hydrogen-bond acceptors (Lipinski definition) is 3. The van der Waals surface area contributed by atoms with Crippen LogP contribution >= 0.6 is 0 Å². The van der Waals surface area contributed by atoms with Gasteiger partial charge in [0.2, 0.25) is 5.43 Å². The van der Waals surface area contributed by atoms with E-state index in [4.69, 9.17) is 0 Å². The highest BCUT2D eigenvalue weighted by Gasteiger charge is 2.16. The molecule has 5 heteroatoms. The van der Waals surface area contributed by atoms with Crippen molar-refractivity contribution in [2.45, 2.75) is 32.7 Å². The number of nitrogens with zero attached hydrogens (tertiary/aromatic N) is 2. The molecular formula is C17H20N2O3. The van der Waals surface area contributed by atoms with Gasteiger partial charge in [0.05, 0.1) is 5.52 Å². The fourth-order valence-corrected chi connectivity index (χ4v) is 3.15. The number of rotatable bonds is 3. The molecule has 0 amide bonds. The van der Waals surface area contributed by atoms with Gasteiger partial charge in [0.1, 0.15) is 5.56 Å². The minimum atomic E-state index is -1.17. The third kappa shape index (κ3) is 2.47. The Balaban J connectivity index is 2.19. The molecule has 2 aromatic rings. The first-order chi connectivity index (χ1) is 10.6.